The fraction of sp³-hybridized carbons (Fsp3) is 0.846. The lowest BCUT2D eigenvalue weighted by Gasteiger charge is -2.36. The van der Waals surface area contributed by atoms with E-state index >= 15 is 0 Å². The molecule has 6 nitrogen and oxygen atoms in total. The van der Waals surface area contributed by atoms with Crippen molar-refractivity contribution in [3.63, 3.8) is 0 Å². The SMILES string of the molecule is COCCC(N)C(=O)N1CCN(C(=O)C(C)C)CC1. The number of nitrogens with two attached hydrogens (primary N) is 1. The molecule has 0 aromatic carbocycles. The van der Waals surface area contributed by atoms with Crippen LogP contribution in [0.3, 0.4) is 0 Å². The van der Waals surface area contributed by atoms with Crippen LogP contribution in [0.1, 0.15) is 20.3 Å². The highest BCUT2D eigenvalue weighted by Crippen LogP contribution is 2.08. The number of amides is 2. The maximum atomic E-state index is 12.1. The molecule has 0 aliphatic carbocycles. The first-order valence-corrected chi connectivity index (χ1v) is 6.79. The number of carbonyl (C=O) groups excluding carboxylic acids is 2. The number of methoxy groups -OCH3 is 1. The summed E-state index contributed by atoms with van der Waals surface area (Å²) in [5, 5.41) is 0. The Hall–Kier alpha value is -1.14. The van der Waals surface area contributed by atoms with Gasteiger partial charge in [-0.05, 0) is 6.42 Å². The fourth-order valence-corrected chi connectivity index (χ4v) is 2.12. The number of nitrogens with zero attached hydrogens (tertiary/aromatic N) is 2. The summed E-state index contributed by atoms with van der Waals surface area (Å²) in [6.07, 6.45) is 0.528. The molecule has 19 heavy (non-hydrogen) atoms. The number of ether oxygens (including phenoxy) is 1. The van der Waals surface area contributed by atoms with E-state index in [2.05, 4.69) is 0 Å². The van der Waals surface area contributed by atoms with Crippen molar-refractivity contribution in [1.82, 2.24) is 9.80 Å². The predicted octanol–water partition coefficient (Wildman–Crippen LogP) is -0.323. The largest absolute Gasteiger partial charge is 0.385 e. The third-order valence-electron chi connectivity index (χ3n) is 3.35. The van der Waals surface area contributed by atoms with Crippen molar-refractivity contribution in [2.24, 2.45) is 11.7 Å². The highest BCUT2D eigenvalue weighted by Gasteiger charge is 2.27. The Kier molecular flexibility index (Phi) is 6.24. The van der Waals surface area contributed by atoms with Crippen molar-refractivity contribution in [1.29, 1.82) is 0 Å². The van der Waals surface area contributed by atoms with E-state index in [1.807, 2.05) is 18.7 Å². The van der Waals surface area contributed by atoms with Crippen LogP contribution in [0.25, 0.3) is 0 Å². The number of hydrogen-bond donors (Lipinski definition) is 1. The maximum absolute atomic E-state index is 12.1. The molecule has 1 rings (SSSR count). The molecule has 1 atom stereocenters. The Bertz CT molecular complexity index is 312. The van der Waals surface area contributed by atoms with Gasteiger partial charge >= 0.3 is 0 Å². The van der Waals surface area contributed by atoms with Gasteiger partial charge < -0.3 is 20.3 Å². The first-order valence-electron chi connectivity index (χ1n) is 6.79. The molecule has 0 spiro atoms. The van der Waals surface area contributed by atoms with E-state index in [4.69, 9.17) is 10.5 Å². The lowest BCUT2D eigenvalue weighted by molar-refractivity contribution is -0.142. The average molecular weight is 271 g/mol. The third kappa shape index (κ3) is 4.47. The van der Waals surface area contributed by atoms with E-state index in [1.165, 1.54) is 0 Å². The zero-order valence-corrected chi connectivity index (χ0v) is 12.1. The topological polar surface area (TPSA) is 75.9 Å². The van der Waals surface area contributed by atoms with Gasteiger partial charge in [-0.2, -0.15) is 0 Å². The van der Waals surface area contributed by atoms with Crippen molar-refractivity contribution >= 4 is 11.8 Å². The fourth-order valence-electron chi connectivity index (χ4n) is 2.12. The smallest absolute Gasteiger partial charge is 0.239 e. The summed E-state index contributed by atoms with van der Waals surface area (Å²) in [6.45, 7) is 6.59. The summed E-state index contributed by atoms with van der Waals surface area (Å²) in [6, 6.07) is -0.507. The average Bonchev–Trinajstić information content (AvgIpc) is 2.43. The van der Waals surface area contributed by atoms with Crippen LogP contribution in [-0.2, 0) is 14.3 Å². The lowest BCUT2D eigenvalue weighted by Crippen LogP contribution is -2.55. The van der Waals surface area contributed by atoms with Gasteiger partial charge in [0.1, 0.15) is 0 Å². The molecule has 0 radical (unpaired) electrons. The maximum Gasteiger partial charge on any atom is 0.239 e. The van der Waals surface area contributed by atoms with Crippen LogP contribution in [0.15, 0.2) is 0 Å². The Morgan fingerprint density at radius 1 is 1.11 bits per heavy atom. The van der Waals surface area contributed by atoms with Crippen LogP contribution in [0.4, 0.5) is 0 Å². The predicted molar refractivity (Wildman–Crippen MR) is 72.5 cm³/mol. The number of hydrogen-bond acceptors (Lipinski definition) is 4. The molecule has 6 heteroatoms. The summed E-state index contributed by atoms with van der Waals surface area (Å²) < 4.78 is 4.92. The molecule has 0 bridgehead atoms. The molecular formula is C13H25N3O3. The van der Waals surface area contributed by atoms with Gasteiger partial charge in [0.05, 0.1) is 6.04 Å². The zero-order chi connectivity index (χ0) is 14.4. The summed E-state index contributed by atoms with van der Waals surface area (Å²) in [5.41, 5.74) is 5.83. The second kappa shape index (κ2) is 7.45. The second-order valence-corrected chi connectivity index (χ2v) is 5.19. The first-order chi connectivity index (χ1) is 8.97. The van der Waals surface area contributed by atoms with Gasteiger partial charge in [-0.1, -0.05) is 13.8 Å². The van der Waals surface area contributed by atoms with Gasteiger partial charge in [0.25, 0.3) is 0 Å². The van der Waals surface area contributed by atoms with Gasteiger partial charge in [-0.15, -0.1) is 0 Å². The van der Waals surface area contributed by atoms with Crippen molar-refractivity contribution in [3.05, 3.63) is 0 Å². The minimum absolute atomic E-state index is 0.00575. The van der Waals surface area contributed by atoms with Gasteiger partial charge in [-0.25, -0.2) is 0 Å². The Morgan fingerprint density at radius 3 is 2.00 bits per heavy atom. The Morgan fingerprint density at radius 2 is 1.58 bits per heavy atom. The normalized spacial score (nSPS) is 17.7. The van der Waals surface area contributed by atoms with E-state index in [-0.39, 0.29) is 17.7 Å². The Balaban J connectivity index is 2.41. The van der Waals surface area contributed by atoms with Crippen molar-refractivity contribution in [3.8, 4) is 0 Å². The van der Waals surface area contributed by atoms with Gasteiger partial charge in [0.15, 0.2) is 0 Å². The molecule has 1 aliphatic heterocycles. The molecule has 2 N–H and O–H groups in total. The highest BCUT2D eigenvalue weighted by molar-refractivity contribution is 5.82. The van der Waals surface area contributed by atoms with Crippen LogP contribution >= 0.6 is 0 Å². The molecule has 1 fully saturated rings. The number of piperazine rings is 1. The minimum Gasteiger partial charge on any atom is -0.385 e. The van der Waals surface area contributed by atoms with Crippen LogP contribution in [-0.4, -0.2) is 67.6 Å². The van der Waals surface area contributed by atoms with E-state index in [0.717, 1.165) is 0 Å². The Labute approximate surface area is 114 Å². The molecule has 2 amide bonds. The molecule has 1 unspecified atom stereocenters. The monoisotopic (exact) mass is 271 g/mol. The van der Waals surface area contributed by atoms with Crippen LogP contribution < -0.4 is 5.73 Å². The third-order valence-corrected chi connectivity index (χ3v) is 3.35. The van der Waals surface area contributed by atoms with E-state index < -0.39 is 6.04 Å². The molecule has 0 aromatic rings. The standard InChI is InChI=1S/C13H25N3O3/c1-10(2)12(17)15-5-7-16(8-6-15)13(18)11(14)4-9-19-3/h10-11H,4-9,14H2,1-3H3. The molecule has 0 aromatic heterocycles. The highest BCUT2D eigenvalue weighted by atomic mass is 16.5. The van der Waals surface area contributed by atoms with Crippen molar-refractivity contribution < 1.29 is 14.3 Å². The molecule has 1 heterocycles. The summed E-state index contributed by atoms with van der Waals surface area (Å²) in [4.78, 5) is 27.4. The first kappa shape index (κ1) is 15.9. The van der Waals surface area contributed by atoms with E-state index in [1.54, 1.807) is 12.0 Å². The molecule has 0 saturated carbocycles. The van der Waals surface area contributed by atoms with E-state index in [9.17, 15) is 9.59 Å². The molecule has 110 valence electrons. The van der Waals surface area contributed by atoms with Crippen molar-refractivity contribution in [2.45, 2.75) is 26.3 Å². The number of carbonyl (C=O) groups is 2. The van der Waals surface area contributed by atoms with Gasteiger partial charge in [0.2, 0.25) is 11.8 Å². The second-order valence-electron chi connectivity index (χ2n) is 5.19. The quantitative estimate of drug-likeness (QED) is 0.743. The minimum atomic E-state index is -0.507. The van der Waals surface area contributed by atoms with Crippen LogP contribution in [0.2, 0.25) is 0 Å². The van der Waals surface area contributed by atoms with Crippen LogP contribution in [0.5, 0.6) is 0 Å². The van der Waals surface area contributed by atoms with Crippen LogP contribution in [0, 0.1) is 5.92 Å². The van der Waals surface area contributed by atoms with Gasteiger partial charge in [0, 0.05) is 45.8 Å². The van der Waals surface area contributed by atoms with Gasteiger partial charge in [-0.3, -0.25) is 9.59 Å². The lowest BCUT2D eigenvalue weighted by atomic mass is 10.1. The van der Waals surface area contributed by atoms with E-state index in [0.29, 0.717) is 39.2 Å². The molecular weight excluding hydrogens is 246 g/mol. The van der Waals surface area contributed by atoms with Crippen molar-refractivity contribution in [2.75, 3.05) is 39.9 Å². The molecule has 1 saturated heterocycles. The summed E-state index contributed by atoms with van der Waals surface area (Å²) >= 11 is 0. The number of rotatable bonds is 5. The molecule has 1 aliphatic rings. The summed E-state index contributed by atoms with van der Waals surface area (Å²) in [5.74, 6) is 0.107. The zero-order valence-electron chi connectivity index (χ0n) is 12.1. The summed E-state index contributed by atoms with van der Waals surface area (Å²) in [7, 11) is 1.59.